The fraction of sp³-hybridized carbons (Fsp3) is 0.192. The molecule has 0 radical (unpaired) electrons. The Morgan fingerprint density at radius 1 is 0.935 bits per heavy atom. The molecule has 3 aromatic rings. The van der Waals surface area contributed by atoms with Crippen molar-refractivity contribution in [2.75, 3.05) is 6.61 Å². The summed E-state index contributed by atoms with van der Waals surface area (Å²) in [7, 11) is 0. The van der Waals surface area contributed by atoms with Crippen LogP contribution in [-0.2, 0) is 0 Å². The van der Waals surface area contributed by atoms with Gasteiger partial charge in [0.1, 0.15) is 18.1 Å². The Labute approximate surface area is 187 Å². The minimum Gasteiger partial charge on any atom is -0.508 e. The van der Waals surface area contributed by atoms with Crippen LogP contribution in [0.25, 0.3) is 0 Å². The average molecular weight is 437 g/mol. The number of hydrogen-bond acceptors (Lipinski definition) is 4. The molecule has 5 heteroatoms. The van der Waals surface area contributed by atoms with Crippen molar-refractivity contribution >= 4 is 11.6 Å². The predicted molar refractivity (Wildman–Crippen MR) is 122 cm³/mol. The maximum Gasteiger partial charge on any atom is 0.119 e. The normalized spacial score (nSPS) is 12.5. The van der Waals surface area contributed by atoms with Gasteiger partial charge in [-0.1, -0.05) is 66.2 Å². The first kappa shape index (κ1) is 22.7. The van der Waals surface area contributed by atoms with Crippen LogP contribution in [0, 0.1) is 0 Å². The second-order valence-electron chi connectivity index (χ2n) is 7.14. The first-order chi connectivity index (χ1) is 15.0. The number of aromatic hydroxyl groups is 1. The average Bonchev–Trinajstić information content (AvgIpc) is 2.78. The zero-order valence-electron chi connectivity index (χ0n) is 17.0. The summed E-state index contributed by atoms with van der Waals surface area (Å²) in [5.74, 6) is 0.776. The van der Waals surface area contributed by atoms with Crippen molar-refractivity contribution < 1.29 is 20.1 Å². The van der Waals surface area contributed by atoms with Crippen LogP contribution in [-0.4, -0.2) is 21.9 Å². The molecule has 0 aliphatic rings. The summed E-state index contributed by atoms with van der Waals surface area (Å²) >= 11 is 6.11. The minimum absolute atomic E-state index is 0.0478. The molecule has 3 aromatic carbocycles. The van der Waals surface area contributed by atoms with Gasteiger partial charge in [0, 0.05) is 18.4 Å². The van der Waals surface area contributed by atoms with Crippen molar-refractivity contribution in [2.45, 2.75) is 25.0 Å². The third-order valence-electron chi connectivity index (χ3n) is 4.77. The van der Waals surface area contributed by atoms with Crippen LogP contribution in [0.4, 0.5) is 0 Å². The lowest BCUT2D eigenvalue weighted by Gasteiger charge is -2.14. The molecule has 0 saturated carbocycles. The number of para-hydroxylation sites is 1. The lowest BCUT2D eigenvalue weighted by atomic mass is 10.0. The number of benzene rings is 3. The van der Waals surface area contributed by atoms with E-state index in [-0.39, 0.29) is 18.8 Å². The van der Waals surface area contributed by atoms with E-state index in [1.54, 1.807) is 12.1 Å². The van der Waals surface area contributed by atoms with E-state index in [0.29, 0.717) is 17.0 Å². The molecule has 160 valence electrons. The monoisotopic (exact) mass is 436 g/mol. The van der Waals surface area contributed by atoms with Gasteiger partial charge in [0.2, 0.25) is 0 Å². The van der Waals surface area contributed by atoms with Crippen molar-refractivity contribution in [3.8, 4) is 11.5 Å². The highest BCUT2D eigenvalue weighted by atomic mass is 35.5. The molecule has 0 saturated heterocycles. The highest BCUT2D eigenvalue weighted by Crippen LogP contribution is 2.29. The first-order valence-corrected chi connectivity index (χ1v) is 10.4. The molecule has 0 spiro atoms. The van der Waals surface area contributed by atoms with E-state index in [1.807, 2.05) is 60.7 Å². The largest absolute Gasteiger partial charge is 0.508 e. The molecule has 2 atom stereocenters. The summed E-state index contributed by atoms with van der Waals surface area (Å²) in [4.78, 5) is 0. The number of ether oxygens (including phenoxy) is 1. The van der Waals surface area contributed by atoms with Gasteiger partial charge >= 0.3 is 0 Å². The van der Waals surface area contributed by atoms with E-state index in [9.17, 15) is 15.3 Å². The Morgan fingerprint density at radius 2 is 1.61 bits per heavy atom. The van der Waals surface area contributed by atoms with E-state index in [2.05, 4.69) is 5.73 Å². The van der Waals surface area contributed by atoms with Crippen molar-refractivity contribution in [3.63, 3.8) is 0 Å². The van der Waals surface area contributed by atoms with Gasteiger partial charge in [0.25, 0.3) is 0 Å². The van der Waals surface area contributed by atoms with Crippen LogP contribution in [0.3, 0.4) is 0 Å². The number of rotatable bonds is 9. The number of phenols is 1. The Bertz CT molecular complexity index is 1030. The topological polar surface area (TPSA) is 69.9 Å². The predicted octanol–water partition coefficient (Wildman–Crippen LogP) is 5.75. The summed E-state index contributed by atoms with van der Waals surface area (Å²) in [6.07, 6.45) is 0.822. The fourth-order valence-corrected chi connectivity index (χ4v) is 3.40. The standard InChI is InChI=1S/C26H25ClO4/c27-24-17-21(28)14-15-23(24)25(29)13-7-8-19(18-31-22-11-5-2-6-12-22)16-26(30)20-9-3-1-4-10-20/h1-7,9-12,14-15,17,25-26,28-30H,13,16,18H2/t8?,25-,26-/m1/s1. The molecule has 0 aliphatic carbocycles. The van der Waals surface area contributed by atoms with Crippen LogP contribution >= 0.6 is 11.6 Å². The van der Waals surface area contributed by atoms with Gasteiger partial charge in [0.05, 0.1) is 17.2 Å². The zero-order valence-corrected chi connectivity index (χ0v) is 17.7. The second kappa shape index (κ2) is 11.4. The van der Waals surface area contributed by atoms with Gasteiger partial charge in [-0.2, -0.15) is 0 Å². The molecule has 0 heterocycles. The van der Waals surface area contributed by atoms with E-state index in [1.165, 1.54) is 12.1 Å². The minimum atomic E-state index is -0.837. The summed E-state index contributed by atoms with van der Waals surface area (Å²) in [6, 6.07) is 23.3. The van der Waals surface area contributed by atoms with Crippen LogP contribution in [0.15, 0.2) is 96.2 Å². The maximum atomic E-state index is 10.6. The van der Waals surface area contributed by atoms with Crippen molar-refractivity contribution in [2.24, 2.45) is 0 Å². The molecule has 4 nitrogen and oxygen atoms in total. The van der Waals surface area contributed by atoms with Crippen LogP contribution in [0.1, 0.15) is 36.2 Å². The number of hydrogen-bond donors (Lipinski definition) is 3. The van der Waals surface area contributed by atoms with Crippen LogP contribution < -0.4 is 4.74 Å². The van der Waals surface area contributed by atoms with E-state index < -0.39 is 12.2 Å². The van der Waals surface area contributed by atoms with Gasteiger partial charge in [-0.3, -0.25) is 0 Å². The molecule has 0 fully saturated rings. The van der Waals surface area contributed by atoms with Crippen LogP contribution in [0.2, 0.25) is 5.02 Å². The van der Waals surface area contributed by atoms with Crippen molar-refractivity contribution in [1.82, 2.24) is 0 Å². The van der Waals surface area contributed by atoms with Crippen LogP contribution in [0.5, 0.6) is 11.5 Å². The Balaban J connectivity index is 1.73. The third-order valence-corrected chi connectivity index (χ3v) is 5.10. The number of aliphatic hydroxyl groups is 2. The maximum absolute atomic E-state index is 10.6. The number of aliphatic hydroxyl groups excluding tert-OH is 2. The lowest BCUT2D eigenvalue weighted by Crippen LogP contribution is -2.06. The van der Waals surface area contributed by atoms with Gasteiger partial charge in [0.15, 0.2) is 0 Å². The first-order valence-electron chi connectivity index (χ1n) is 10.0. The summed E-state index contributed by atoms with van der Waals surface area (Å²) in [6.45, 7) is 0.264. The summed E-state index contributed by atoms with van der Waals surface area (Å²) in [5, 5.41) is 30.8. The quantitative estimate of drug-likeness (QED) is 0.373. The fourth-order valence-electron chi connectivity index (χ4n) is 3.10. The van der Waals surface area contributed by atoms with Gasteiger partial charge in [-0.15, -0.1) is 5.73 Å². The van der Waals surface area contributed by atoms with E-state index >= 15 is 0 Å². The lowest BCUT2D eigenvalue weighted by molar-refractivity contribution is 0.173. The zero-order chi connectivity index (χ0) is 22.1. The number of halogens is 1. The molecule has 31 heavy (non-hydrogen) atoms. The molecule has 0 bridgehead atoms. The molecule has 3 N–H and O–H groups in total. The second-order valence-corrected chi connectivity index (χ2v) is 7.55. The van der Waals surface area contributed by atoms with E-state index in [4.69, 9.17) is 16.3 Å². The Morgan fingerprint density at radius 3 is 2.29 bits per heavy atom. The number of phenolic OH excluding ortho intramolecular Hbond substituents is 1. The van der Waals surface area contributed by atoms with Gasteiger partial charge < -0.3 is 20.1 Å². The smallest absolute Gasteiger partial charge is 0.119 e. The highest BCUT2D eigenvalue weighted by molar-refractivity contribution is 6.31. The van der Waals surface area contributed by atoms with Crippen molar-refractivity contribution in [3.05, 3.63) is 112 Å². The molecular weight excluding hydrogens is 412 g/mol. The summed E-state index contributed by atoms with van der Waals surface area (Å²) < 4.78 is 5.84. The molecule has 0 amide bonds. The molecule has 0 aliphatic heterocycles. The van der Waals surface area contributed by atoms with Gasteiger partial charge in [-0.05, 0) is 41.5 Å². The van der Waals surface area contributed by atoms with E-state index in [0.717, 1.165) is 16.9 Å². The molecular formula is C26H25ClO4. The molecule has 3 rings (SSSR count). The Hall–Kier alpha value is -3.01. The van der Waals surface area contributed by atoms with Crippen molar-refractivity contribution in [1.29, 1.82) is 0 Å². The van der Waals surface area contributed by atoms with Gasteiger partial charge in [-0.25, -0.2) is 0 Å². The SMILES string of the molecule is Oc1ccc([C@H](O)CC=C=C(COc2ccccc2)C[C@@H](O)c2ccccc2)c(Cl)c1. The molecule has 0 aromatic heterocycles. The third kappa shape index (κ3) is 7.02. The highest BCUT2D eigenvalue weighted by Gasteiger charge is 2.12. The summed E-state index contributed by atoms with van der Waals surface area (Å²) in [5.41, 5.74) is 5.29. The molecule has 0 unspecified atom stereocenters. The Kier molecular flexibility index (Phi) is 8.34.